The second-order valence-corrected chi connectivity index (χ2v) is 9.24. The number of aryl methyl sites for hydroxylation is 1. The number of anilines is 1. The molecule has 4 rings (SSSR count). The molecular weight excluding hydrogens is 394 g/mol. The lowest BCUT2D eigenvalue weighted by Crippen LogP contribution is -2.42. The summed E-state index contributed by atoms with van der Waals surface area (Å²) in [5, 5.41) is 5.35. The summed E-state index contributed by atoms with van der Waals surface area (Å²) in [6.45, 7) is -0.428. The molecule has 9 heteroatoms. The highest BCUT2D eigenvalue weighted by Gasteiger charge is 2.55. The first-order valence-corrected chi connectivity index (χ1v) is 10.9. The van der Waals surface area contributed by atoms with E-state index in [-0.39, 0.29) is 4.90 Å². The molecule has 1 atom stereocenters. The zero-order chi connectivity index (χ0) is 20.8. The van der Waals surface area contributed by atoms with E-state index in [9.17, 15) is 22.8 Å². The van der Waals surface area contributed by atoms with Crippen molar-refractivity contribution in [3.63, 3.8) is 0 Å². The molecule has 1 aliphatic carbocycles. The summed E-state index contributed by atoms with van der Waals surface area (Å²) >= 11 is 0. The van der Waals surface area contributed by atoms with Gasteiger partial charge < -0.3 is 10.6 Å². The molecule has 0 aromatic heterocycles. The van der Waals surface area contributed by atoms with Crippen LogP contribution in [-0.4, -0.2) is 44.0 Å². The summed E-state index contributed by atoms with van der Waals surface area (Å²) in [7, 11) is -3.34. The van der Waals surface area contributed by atoms with Crippen LogP contribution in [0.3, 0.4) is 0 Å². The minimum atomic E-state index is -3.34. The van der Waals surface area contributed by atoms with Crippen LogP contribution in [0.5, 0.6) is 0 Å². The molecule has 1 fully saturated rings. The van der Waals surface area contributed by atoms with Crippen molar-refractivity contribution >= 4 is 33.4 Å². The molecule has 2 aliphatic rings. The smallest absolute Gasteiger partial charge is 0.325 e. The van der Waals surface area contributed by atoms with Gasteiger partial charge in [0.25, 0.3) is 5.91 Å². The Labute approximate surface area is 167 Å². The number of imide groups is 1. The van der Waals surface area contributed by atoms with Gasteiger partial charge in [-0.1, -0.05) is 24.3 Å². The van der Waals surface area contributed by atoms with Gasteiger partial charge in [-0.3, -0.25) is 14.5 Å². The molecule has 2 N–H and O–H groups in total. The highest BCUT2D eigenvalue weighted by Crippen LogP contribution is 2.41. The average molecular weight is 413 g/mol. The van der Waals surface area contributed by atoms with Crippen LogP contribution in [0, 0.1) is 0 Å². The number of urea groups is 1. The second kappa shape index (κ2) is 6.70. The molecule has 0 unspecified atom stereocenters. The predicted molar refractivity (Wildman–Crippen MR) is 105 cm³/mol. The summed E-state index contributed by atoms with van der Waals surface area (Å²) in [4.78, 5) is 38.9. The summed E-state index contributed by atoms with van der Waals surface area (Å²) < 4.78 is 23.0. The molecule has 1 saturated heterocycles. The molecule has 4 amide bonds. The molecule has 1 heterocycles. The number of sulfone groups is 1. The highest BCUT2D eigenvalue weighted by atomic mass is 32.2. The minimum absolute atomic E-state index is 0.131. The zero-order valence-electron chi connectivity index (χ0n) is 15.6. The third kappa shape index (κ3) is 3.27. The van der Waals surface area contributed by atoms with Gasteiger partial charge in [0.2, 0.25) is 5.91 Å². The number of amides is 4. The highest BCUT2D eigenvalue weighted by molar-refractivity contribution is 7.90. The van der Waals surface area contributed by atoms with E-state index >= 15 is 0 Å². The summed E-state index contributed by atoms with van der Waals surface area (Å²) in [6.07, 6.45) is 2.23. The van der Waals surface area contributed by atoms with Crippen molar-refractivity contribution in [2.45, 2.75) is 23.3 Å². The van der Waals surface area contributed by atoms with E-state index in [0.717, 1.165) is 22.3 Å². The van der Waals surface area contributed by atoms with Crippen LogP contribution in [0.1, 0.15) is 17.5 Å². The molecule has 2 aromatic rings. The first kappa shape index (κ1) is 19.1. The Kier molecular flexibility index (Phi) is 4.42. The number of rotatable bonds is 4. The van der Waals surface area contributed by atoms with E-state index in [1.54, 1.807) is 0 Å². The van der Waals surface area contributed by atoms with Gasteiger partial charge in [-0.05, 0) is 48.2 Å². The van der Waals surface area contributed by atoms with E-state index in [0.29, 0.717) is 18.5 Å². The molecule has 1 spiro atoms. The molecule has 29 heavy (non-hydrogen) atoms. The molecule has 0 bridgehead atoms. The van der Waals surface area contributed by atoms with Crippen molar-refractivity contribution in [2.24, 2.45) is 0 Å². The molecule has 150 valence electrons. The van der Waals surface area contributed by atoms with Crippen LogP contribution in [0.2, 0.25) is 0 Å². The molecule has 2 aromatic carbocycles. The van der Waals surface area contributed by atoms with Crippen LogP contribution < -0.4 is 10.6 Å². The van der Waals surface area contributed by atoms with Gasteiger partial charge >= 0.3 is 6.03 Å². The van der Waals surface area contributed by atoms with Crippen molar-refractivity contribution in [1.29, 1.82) is 0 Å². The first-order chi connectivity index (χ1) is 13.7. The average Bonchev–Trinajstić information content (AvgIpc) is 3.15. The third-order valence-electron chi connectivity index (χ3n) is 5.29. The van der Waals surface area contributed by atoms with E-state index in [2.05, 4.69) is 10.6 Å². The number of hydrogen-bond acceptors (Lipinski definition) is 5. The maximum Gasteiger partial charge on any atom is 0.325 e. The van der Waals surface area contributed by atoms with Crippen molar-refractivity contribution in [1.82, 2.24) is 10.2 Å². The lowest BCUT2D eigenvalue weighted by molar-refractivity contribution is -0.134. The van der Waals surface area contributed by atoms with E-state index < -0.39 is 39.8 Å². The predicted octanol–water partition coefficient (Wildman–Crippen LogP) is 1.42. The number of carbonyl (C=O) groups is 3. The SMILES string of the molecule is CS(=O)(=O)c1ccc(NC(=O)CN2C(=O)N[C@]3(CCc4ccccc43)C2=O)cc1. The maximum atomic E-state index is 13.0. The van der Waals surface area contributed by atoms with Crippen molar-refractivity contribution in [3.8, 4) is 0 Å². The summed E-state index contributed by atoms with van der Waals surface area (Å²) in [5.74, 6) is -0.987. The van der Waals surface area contributed by atoms with Gasteiger partial charge in [-0.15, -0.1) is 0 Å². The summed E-state index contributed by atoms with van der Waals surface area (Å²) in [5.41, 5.74) is 1.05. The fraction of sp³-hybridized carbons (Fsp3) is 0.250. The fourth-order valence-corrected chi connectivity index (χ4v) is 4.49. The normalized spacial score (nSPS) is 20.7. The van der Waals surface area contributed by atoms with E-state index in [1.165, 1.54) is 24.3 Å². The van der Waals surface area contributed by atoms with Crippen molar-refractivity contribution in [3.05, 3.63) is 59.7 Å². The number of benzene rings is 2. The Hall–Kier alpha value is -3.20. The summed E-state index contributed by atoms with van der Waals surface area (Å²) in [6, 6.07) is 12.5. The molecule has 0 radical (unpaired) electrons. The van der Waals surface area contributed by atoms with E-state index in [1.807, 2.05) is 24.3 Å². The van der Waals surface area contributed by atoms with Crippen LogP contribution in [0.25, 0.3) is 0 Å². The fourth-order valence-electron chi connectivity index (χ4n) is 3.86. The quantitative estimate of drug-likeness (QED) is 0.736. The Morgan fingerprint density at radius 3 is 2.52 bits per heavy atom. The van der Waals surface area contributed by atoms with Gasteiger partial charge in [-0.2, -0.15) is 0 Å². The van der Waals surface area contributed by atoms with Crippen LogP contribution >= 0.6 is 0 Å². The number of fused-ring (bicyclic) bond motifs is 2. The van der Waals surface area contributed by atoms with Crippen LogP contribution in [-0.2, 0) is 31.4 Å². The lowest BCUT2D eigenvalue weighted by atomic mass is 9.92. The minimum Gasteiger partial charge on any atom is -0.325 e. The largest absolute Gasteiger partial charge is 0.325 e. The van der Waals surface area contributed by atoms with Crippen LogP contribution in [0.4, 0.5) is 10.5 Å². The standard InChI is InChI=1S/C20H19N3O5S/c1-29(27,28)15-8-6-14(7-9-15)21-17(24)12-23-18(25)20(22-19(23)26)11-10-13-4-2-3-5-16(13)20/h2-9H,10-12H2,1H3,(H,21,24)(H,22,26)/t20-/m0/s1. The lowest BCUT2D eigenvalue weighted by Gasteiger charge is -2.22. The molecule has 0 saturated carbocycles. The maximum absolute atomic E-state index is 13.0. The monoisotopic (exact) mass is 413 g/mol. The van der Waals surface area contributed by atoms with E-state index in [4.69, 9.17) is 0 Å². The number of nitrogens with zero attached hydrogens (tertiary/aromatic N) is 1. The van der Waals surface area contributed by atoms with Crippen molar-refractivity contribution in [2.75, 3.05) is 18.1 Å². The van der Waals surface area contributed by atoms with Gasteiger partial charge in [0.05, 0.1) is 4.90 Å². The number of hydrogen-bond donors (Lipinski definition) is 2. The molecule has 8 nitrogen and oxygen atoms in total. The first-order valence-electron chi connectivity index (χ1n) is 9.03. The number of nitrogens with one attached hydrogen (secondary N) is 2. The topological polar surface area (TPSA) is 113 Å². The Bertz CT molecular complexity index is 1130. The zero-order valence-corrected chi connectivity index (χ0v) is 16.5. The third-order valence-corrected chi connectivity index (χ3v) is 6.42. The van der Waals surface area contributed by atoms with Crippen molar-refractivity contribution < 1.29 is 22.8 Å². The Morgan fingerprint density at radius 1 is 1.14 bits per heavy atom. The molecule has 1 aliphatic heterocycles. The Morgan fingerprint density at radius 2 is 1.83 bits per heavy atom. The van der Waals surface area contributed by atoms with Gasteiger partial charge in [0.1, 0.15) is 12.1 Å². The van der Waals surface area contributed by atoms with Gasteiger partial charge in [0, 0.05) is 11.9 Å². The number of carbonyl (C=O) groups excluding carboxylic acids is 3. The Balaban J connectivity index is 1.48. The van der Waals surface area contributed by atoms with Gasteiger partial charge in [0.15, 0.2) is 9.84 Å². The van der Waals surface area contributed by atoms with Crippen LogP contribution in [0.15, 0.2) is 53.4 Å². The second-order valence-electron chi connectivity index (χ2n) is 7.23. The van der Waals surface area contributed by atoms with Gasteiger partial charge in [-0.25, -0.2) is 13.2 Å². The molecular formula is C20H19N3O5S.